The van der Waals surface area contributed by atoms with Crippen LogP contribution in [0.1, 0.15) is 5.56 Å². The molecule has 0 bridgehead atoms. The monoisotopic (exact) mass is 349 g/mol. The molecule has 5 heteroatoms. The number of nitrogens with zero attached hydrogens (tertiary/aromatic N) is 1. The smallest absolute Gasteiger partial charge is 0.227 e. The van der Waals surface area contributed by atoms with E-state index in [4.69, 9.17) is 0 Å². The Morgan fingerprint density at radius 1 is 1.00 bits per heavy atom. The molecule has 0 amide bonds. The Balaban J connectivity index is 2.36. The second kappa shape index (κ2) is 4.75. The number of hydrogen-bond acceptors (Lipinski definition) is 2. The third kappa shape index (κ3) is 1.98. The van der Waals surface area contributed by atoms with Crippen LogP contribution in [0.15, 0.2) is 64.1 Å². The van der Waals surface area contributed by atoms with Gasteiger partial charge in [0, 0.05) is 5.39 Å². The number of halogens is 1. The Morgan fingerprint density at radius 2 is 1.70 bits per heavy atom. The quantitative estimate of drug-likeness (QED) is 0.702. The van der Waals surface area contributed by atoms with E-state index in [9.17, 15) is 8.42 Å². The molecule has 3 aromatic rings. The molecule has 1 aromatic heterocycles. The van der Waals surface area contributed by atoms with Crippen molar-refractivity contribution >= 4 is 36.9 Å². The lowest BCUT2D eigenvalue weighted by molar-refractivity contribution is 0.588. The van der Waals surface area contributed by atoms with Gasteiger partial charge in [0.2, 0.25) is 0 Å². The largest absolute Gasteiger partial charge is 0.269 e. The molecular formula is C15H12BrNO2S. The molecule has 0 atom stereocenters. The molecule has 20 heavy (non-hydrogen) atoms. The van der Waals surface area contributed by atoms with Crippen molar-refractivity contribution in [3.8, 4) is 0 Å². The zero-order valence-corrected chi connectivity index (χ0v) is 13.1. The highest BCUT2D eigenvalue weighted by molar-refractivity contribution is 9.10. The summed E-state index contributed by atoms with van der Waals surface area (Å²) in [6.45, 7) is 1.97. The highest BCUT2D eigenvalue weighted by Gasteiger charge is 2.22. The molecule has 102 valence electrons. The normalized spacial score (nSPS) is 11.9. The van der Waals surface area contributed by atoms with Gasteiger partial charge in [-0.3, -0.25) is 0 Å². The second-order valence-electron chi connectivity index (χ2n) is 4.56. The van der Waals surface area contributed by atoms with Crippen LogP contribution in [0.4, 0.5) is 0 Å². The van der Waals surface area contributed by atoms with Gasteiger partial charge in [0.25, 0.3) is 10.0 Å². The molecule has 1 heterocycles. The fraction of sp³-hybridized carbons (Fsp3) is 0.0667. The van der Waals surface area contributed by atoms with Gasteiger partial charge in [0.05, 0.1) is 10.4 Å². The van der Waals surface area contributed by atoms with E-state index >= 15 is 0 Å². The Kier molecular flexibility index (Phi) is 3.18. The van der Waals surface area contributed by atoms with Gasteiger partial charge in [-0.25, -0.2) is 12.4 Å². The minimum Gasteiger partial charge on any atom is -0.227 e. The molecule has 0 unspecified atom stereocenters. The molecule has 0 aliphatic rings. The minimum absolute atomic E-state index is 0.278. The van der Waals surface area contributed by atoms with Gasteiger partial charge >= 0.3 is 0 Å². The van der Waals surface area contributed by atoms with Crippen molar-refractivity contribution in [2.75, 3.05) is 0 Å². The summed E-state index contributed by atoms with van der Waals surface area (Å²) in [5, 5.41) is 0.930. The number of hydrogen-bond donors (Lipinski definition) is 0. The molecule has 3 rings (SSSR count). The topological polar surface area (TPSA) is 39.1 Å². The number of aryl methyl sites for hydroxylation is 1. The molecule has 0 N–H and O–H groups in total. The number of rotatable bonds is 2. The van der Waals surface area contributed by atoms with Crippen LogP contribution < -0.4 is 0 Å². The minimum atomic E-state index is -3.60. The van der Waals surface area contributed by atoms with E-state index in [2.05, 4.69) is 15.9 Å². The predicted octanol–water partition coefficient (Wildman–Crippen LogP) is 3.95. The third-order valence-electron chi connectivity index (χ3n) is 3.26. The number of benzene rings is 2. The number of fused-ring (bicyclic) bond motifs is 1. The van der Waals surface area contributed by atoms with Crippen LogP contribution in [0.2, 0.25) is 0 Å². The summed E-state index contributed by atoms with van der Waals surface area (Å²) < 4.78 is 27.4. The first-order valence-electron chi connectivity index (χ1n) is 6.09. The summed E-state index contributed by atoms with van der Waals surface area (Å²) in [5.41, 5.74) is 1.73. The van der Waals surface area contributed by atoms with E-state index in [0.717, 1.165) is 10.9 Å². The van der Waals surface area contributed by atoms with E-state index in [1.807, 2.05) is 31.2 Å². The Hall–Kier alpha value is -1.59. The Morgan fingerprint density at radius 3 is 2.40 bits per heavy atom. The summed E-state index contributed by atoms with van der Waals surface area (Å²) in [5.74, 6) is 0. The zero-order valence-electron chi connectivity index (χ0n) is 10.7. The third-order valence-corrected chi connectivity index (χ3v) is 5.82. The van der Waals surface area contributed by atoms with E-state index in [1.165, 1.54) is 3.97 Å². The Labute approximate surface area is 126 Å². The van der Waals surface area contributed by atoms with E-state index in [0.29, 0.717) is 10.1 Å². The van der Waals surface area contributed by atoms with Crippen LogP contribution >= 0.6 is 15.9 Å². The van der Waals surface area contributed by atoms with Crippen LogP contribution in [0.5, 0.6) is 0 Å². The first-order valence-corrected chi connectivity index (χ1v) is 8.32. The highest BCUT2D eigenvalue weighted by Crippen LogP contribution is 2.30. The van der Waals surface area contributed by atoms with Crippen LogP contribution in [-0.2, 0) is 10.0 Å². The molecule has 0 spiro atoms. The summed E-state index contributed by atoms with van der Waals surface area (Å²) in [6.07, 6.45) is 0. The van der Waals surface area contributed by atoms with Gasteiger partial charge in [0.15, 0.2) is 0 Å². The zero-order chi connectivity index (χ0) is 14.3. The first-order chi connectivity index (χ1) is 9.51. The van der Waals surface area contributed by atoms with Gasteiger partial charge < -0.3 is 0 Å². The lowest BCUT2D eigenvalue weighted by Gasteiger charge is -2.09. The SMILES string of the molecule is Cc1cccc2c1cc(Br)n2S(=O)(=O)c1ccccc1. The maximum absolute atomic E-state index is 12.8. The van der Waals surface area contributed by atoms with Crippen molar-refractivity contribution in [3.63, 3.8) is 0 Å². The average Bonchev–Trinajstić information content (AvgIpc) is 2.78. The Bertz CT molecular complexity index is 883. The first kappa shape index (κ1) is 13.4. The van der Waals surface area contributed by atoms with Crippen LogP contribution in [0, 0.1) is 6.92 Å². The van der Waals surface area contributed by atoms with Crippen molar-refractivity contribution in [1.82, 2.24) is 3.97 Å². The van der Waals surface area contributed by atoms with Gasteiger partial charge in [-0.1, -0.05) is 30.3 Å². The molecule has 0 aliphatic carbocycles. The predicted molar refractivity (Wildman–Crippen MR) is 83.4 cm³/mol. The fourth-order valence-corrected chi connectivity index (χ4v) is 4.67. The van der Waals surface area contributed by atoms with Gasteiger partial charge in [0.1, 0.15) is 4.60 Å². The van der Waals surface area contributed by atoms with Crippen molar-refractivity contribution < 1.29 is 8.42 Å². The maximum atomic E-state index is 12.8. The summed E-state index contributed by atoms with van der Waals surface area (Å²) in [7, 11) is -3.60. The standard InChI is InChI=1S/C15H12BrNO2S/c1-11-6-5-9-14-13(11)10-15(16)17(14)20(18,19)12-7-3-2-4-8-12/h2-10H,1H3. The second-order valence-corrected chi connectivity index (χ2v) is 7.16. The molecule has 0 fully saturated rings. The molecule has 3 nitrogen and oxygen atoms in total. The van der Waals surface area contributed by atoms with Crippen LogP contribution in [0.3, 0.4) is 0 Å². The molecule has 0 saturated carbocycles. The molecule has 0 aliphatic heterocycles. The fourth-order valence-electron chi connectivity index (χ4n) is 2.26. The molecule has 0 radical (unpaired) electrons. The van der Waals surface area contributed by atoms with Crippen molar-refractivity contribution in [1.29, 1.82) is 0 Å². The van der Waals surface area contributed by atoms with Gasteiger partial charge in [-0.2, -0.15) is 0 Å². The van der Waals surface area contributed by atoms with Crippen molar-refractivity contribution in [3.05, 3.63) is 64.8 Å². The summed E-state index contributed by atoms with van der Waals surface area (Å²) >= 11 is 3.36. The lowest BCUT2D eigenvalue weighted by Crippen LogP contribution is -2.12. The van der Waals surface area contributed by atoms with Crippen LogP contribution in [-0.4, -0.2) is 12.4 Å². The van der Waals surface area contributed by atoms with E-state index < -0.39 is 10.0 Å². The van der Waals surface area contributed by atoms with Gasteiger partial charge in [-0.05, 0) is 52.7 Å². The number of aromatic nitrogens is 1. The molecule has 0 saturated heterocycles. The maximum Gasteiger partial charge on any atom is 0.269 e. The van der Waals surface area contributed by atoms with Crippen LogP contribution in [0.25, 0.3) is 10.9 Å². The van der Waals surface area contributed by atoms with Gasteiger partial charge in [-0.15, -0.1) is 0 Å². The van der Waals surface area contributed by atoms with Crippen molar-refractivity contribution in [2.24, 2.45) is 0 Å². The van der Waals surface area contributed by atoms with Crippen molar-refractivity contribution in [2.45, 2.75) is 11.8 Å². The molecule has 2 aromatic carbocycles. The van der Waals surface area contributed by atoms with E-state index in [1.54, 1.807) is 30.3 Å². The lowest BCUT2D eigenvalue weighted by atomic mass is 10.1. The molecular weight excluding hydrogens is 338 g/mol. The summed E-state index contributed by atoms with van der Waals surface area (Å²) in [6, 6.07) is 15.9. The van der Waals surface area contributed by atoms with E-state index in [-0.39, 0.29) is 4.90 Å². The summed E-state index contributed by atoms with van der Waals surface area (Å²) in [4.78, 5) is 0.278. The average molecular weight is 350 g/mol. The highest BCUT2D eigenvalue weighted by atomic mass is 79.9.